The third kappa shape index (κ3) is 4.98. The fourth-order valence-electron chi connectivity index (χ4n) is 4.45. The Hall–Kier alpha value is -3.60. The number of benzene rings is 3. The number of hydrogen-bond donors (Lipinski definition) is 0. The van der Waals surface area contributed by atoms with Gasteiger partial charge in [-0.1, -0.05) is 91.0 Å². The van der Waals surface area contributed by atoms with Gasteiger partial charge in [0.05, 0.1) is 18.1 Å². The van der Waals surface area contributed by atoms with E-state index in [4.69, 9.17) is 9.73 Å². The molecule has 0 spiro atoms. The molecule has 0 radical (unpaired) electrons. The fourth-order valence-corrected chi connectivity index (χ4v) is 4.45. The summed E-state index contributed by atoms with van der Waals surface area (Å²) in [5.74, 6) is 0.605. The number of nitrogens with zero attached hydrogens (tertiary/aromatic N) is 3. The van der Waals surface area contributed by atoms with E-state index in [-0.39, 0.29) is 18.1 Å². The molecule has 0 aromatic heterocycles. The first-order valence-corrected chi connectivity index (χ1v) is 11.7. The first kappa shape index (κ1) is 23.6. The topological polar surface area (TPSA) is 45.1 Å². The zero-order valence-corrected chi connectivity index (χ0v) is 20.6. The van der Waals surface area contributed by atoms with Gasteiger partial charge in [-0.3, -0.25) is 0 Å². The van der Waals surface area contributed by atoms with Crippen molar-refractivity contribution < 1.29 is 9.53 Å². The molecule has 1 saturated heterocycles. The van der Waals surface area contributed by atoms with Crippen molar-refractivity contribution in [2.75, 3.05) is 7.05 Å². The van der Waals surface area contributed by atoms with Crippen LogP contribution in [0.2, 0.25) is 0 Å². The van der Waals surface area contributed by atoms with Crippen LogP contribution in [0.15, 0.2) is 96.0 Å². The van der Waals surface area contributed by atoms with Gasteiger partial charge in [-0.15, -0.1) is 0 Å². The number of hydrogen-bond acceptors (Lipinski definition) is 3. The summed E-state index contributed by atoms with van der Waals surface area (Å²) in [6, 6.07) is 30.0. The number of carbonyl (C=O) groups excluding carboxylic acids is 1. The molecule has 3 aromatic rings. The minimum atomic E-state index is -0.627. The van der Waals surface area contributed by atoms with E-state index in [0.29, 0.717) is 5.96 Å². The third-order valence-corrected chi connectivity index (χ3v) is 5.99. The second-order valence-corrected chi connectivity index (χ2v) is 9.69. The van der Waals surface area contributed by atoms with Gasteiger partial charge in [0.2, 0.25) is 5.96 Å². The van der Waals surface area contributed by atoms with Crippen LogP contribution in [0.1, 0.15) is 62.5 Å². The van der Waals surface area contributed by atoms with Crippen molar-refractivity contribution in [3.8, 4) is 0 Å². The number of carbonyl (C=O) groups is 1. The molecule has 3 aromatic carbocycles. The predicted octanol–water partition coefficient (Wildman–Crippen LogP) is 6.77. The average Bonchev–Trinajstić information content (AvgIpc) is 3.11. The van der Waals surface area contributed by atoms with Gasteiger partial charge in [0.15, 0.2) is 0 Å². The maximum absolute atomic E-state index is 13.7. The summed E-state index contributed by atoms with van der Waals surface area (Å²) in [4.78, 5) is 22.6. The molecular weight excluding hydrogens is 422 g/mol. The van der Waals surface area contributed by atoms with E-state index in [2.05, 4.69) is 48.2 Å². The molecule has 176 valence electrons. The molecule has 1 heterocycles. The SMILES string of the molecule is C[C@@H](N=C1N(C)[C@@H](c2ccccc2)[C@H](c2ccccc2)N1C(=O)OC(C)(C)C)c1ccccc1. The molecule has 1 fully saturated rings. The van der Waals surface area contributed by atoms with Gasteiger partial charge in [-0.05, 0) is 44.4 Å². The van der Waals surface area contributed by atoms with E-state index in [1.54, 1.807) is 4.90 Å². The second-order valence-electron chi connectivity index (χ2n) is 9.69. The number of guanidine groups is 1. The number of likely N-dealkylation sites (N-methyl/N-ethyl adjacent to an activating group) is 1. The van der Waals surface area contributed by atoms with Crippen molar-refractivity contribution in [1.82, 2.24) is 9.80 Å². The molecule has 34 heavy (non-hydrogen) atoms. The Bertz CT molecular complexity index is 1120. The van der Waals surface area contributed by atoms with E-state index in [9.17, 15) is 4.79 Å². The molecular formula is C29H33N3O2. The van der Waals surface area contributed by atoms with E-state index < -0.39 is 11.7 Å². The first-order valence-electron chi connectivity index (χ1n) is 11.7. The first-order chi connectivity index (χ1) is 16.3. The Balaban J connectivity index is 1.87. The summed E-state index contributed by atoms with van der Waals surface area (Å²) in [5, 5.41) is 0. The van der Waals surface area contributed by atoms with Crippen molar-refractivity contribution in [3.05, 3.63) is 108 Å². The number of ether oxygens (including phenoxy) is 1. The van der Waals surface area contributed by atoms with E-state index in [0.717, 1.165) is 16.7 Å². The maximum atomic E-state index is 13.7. The number of aliphatic imine (C=N–C) groups is 1. The van der Waals surface area contributed by atoms with Crippen LogP contribution in [0.25, 0.3) is 0 Å². The molecule has 0 unspecified atom stereocenters. The molecule has 0 bridgehead atoms. The Kier molecular flexibility index (Phi) is 6.73. The highest BCUT2D eigenvalue weighted by atomic mass is 16.6. The molecule has 1 amide bonds. The molecule has 0 saturated carbocycles. The molecule has 1 aliphatic rings. The van der Waals surface area contributed by atoms with E-state index in [1.165, 1.54) is 0 Å². The van der Waals surface area contributed by atoms with Crippen molar-refractivity contribution in [1.29, 1.82) is 0 Å². The van der Waals surface area contributed by atoms with Crippen molar-refractivity contribution in [2.24, 2.45) is 4.99 Å². The van der Waals surface area contributed by atoms with Crippen LogP contribution in [0.3, 0.4) is 0 Å². The second kappa shape index (κ2) is 9.72. The monoisotopic (exact) mass is 455 g/mol. The summed E-state index contributed by atoms with van der Waals surface area (Å²) in [6.45, 7) is 7.72. The molecule has 5 nitrogen and oxygen atoms in total. The van der Waals surface area contributed by atoms with Gasteiger partial charge in [-0.25, -0.2) is 14.7 Å². The molecule has 4 rings (SSSR count). The zero-order valence-electron chi connectivity index (χ0n) is 20.6. The van der Waals surface area contributed by atoms with Crippen LogP contribution in [0.4, 0.5) is 4.79 Å². The molecule has 3 atom stereocenters. The average molecular weight is 456 g/mol. The van der Waals surface area contributed by atoms with Crippen LogP contribution in [0, 0.1) is 0 Å². The van der Waals surface area contributed by atoms with Crippen molar-refractivity contribution >= 4 is 12.1 Å². The summed E-state index contributed by atoms with van der Waals surface area (Å²) < 4.78 is 5.90. The molecule has 1 aliphatic heterocycles. The van der Waals surface area contributed by atoms with Crippen LogP contribution in [-0.2, 0) is 4.74 Å². The minimum absolute atomic E-state index is 0.113. The number of rotatable bonds is 4. The van der Waals surface area contributed by atoms with Gasteiger partial charge < -0.3 is 9.64 Å². The summed E-state index contributed by atoms with van der Waals surface area (Å²) in [6.07, 6.45) is -0.398. The van der Waals surface area contributed by atoms with Gasteiger partial charge in [-0.2, -0.15) is 0 Å². The highest BCUT2D eigenvalue weighted by Crippen LogP contribution is 2.45. The fraction of sp³-hybridized carbons (Fsp3) is 0.310. The van der Waals surface area contributed by atoms with E-state index >= 15 is 0 Å². The van der Waals surface area contributed by atoms with Crippen LogP contribution in [0.5, 0.6) is 0 Å². The lowest BCUT2D eigenvalue weighted by atomic mass is 9.93. The summed E-state index contributed by atoms with van der Waals surface area (Å²) >= 11 is 0. The molecule has 5 heteroatoms. The largest absolute Gasteiger partial charge is 0.443 e. The lowest BCUT2D eigenvalue weighted by molar-refractivity contribution is 0.0320. The Morgan fingerprint density at radius 3 is 1.79 bits per heavy atom. The quantitative estimate of drug-likeness (QED) is 0.436. The Morgan fingerprint density at radius 1 is 0.824 bits per heavy atom. The smallest absolute Gasteiger partial charge is 0.417 e. The molecule has 0 N–H and O–H groups in total. The highest BCUT2D eigenvalue weighted by Gasteiger charge is 2.48. The summed E-state index contributed by atoms with van der Waals surface area (Å²) in [5.41, 5.74) is 2.61. The zero-order chi connectivity index (χ0) is 24.3. The van der Waals surface area contributed by atoms with Crippen molar-refractivity contribution in [2.45, 2.75) is 51.4 Å². The third-order valence-electron chi connectivity index (χ3n) is 5.99. The standard InChI is InChI=1S/C29H33N3O2/c1-21(22-15-9-6-10-16-22)30-27-31(5)25(23-17-11-7-12-18-23)26(24-19-13-8-14-20-24)32(27)28(33)34-29(2,3)4/h6-21,25-26H,1-5H3/t21-,25+,26+/m1/s1. The normalized spacial score (nSPS) is 20.4. The Labute approximate surface area is 202 Å². The highest BCUT2D eigenvalue weighted by molar-refractivity contribution is 5.97. The van der Waals surface area contributed by atoms with Crippen LogP contribution >= 0.6 is 0 Å². The predicted molar refractivity (Wildman–Crippen MR) is 136 cm³/mol. The van der Waals surface area contributed by atoms with Gasteiger partial charge in [0, 0.05) is 7.05 Å². The molecule has 0 aliphatic carbocycles. The van der Waals surface area contributed by atoms with Gasteiger partial charge >= 0.3 is 6.09 Å². The van der Waals surface area contributed by atoms with Gasteiger partial charge in [0.1, 0.15) is 5.60 Å². The lowest BCUT2D eigenvalue weighted by Crippen LogP contribution is -2.41. The Morgan fingerprint density at radius 2 is 1.29 bits per heavy atom. The van der Waals surface area contributed by atoms with Crippen LogP contribution < -0.4 is 0 Å². The maximum Gasteiger partial charge on any atom is 0.417 e. The van der Waals surface area contributed by atoms with Gasteiger partial charge in [0.25, 0.3) is 0 Å². The minimum Gasteiger partial charge on any atom is -0.443 e. The van der Waals surface area contributed by atoms with E-state index in [1.807, 2.05) is 82.4 Å². The number of amides is 1. The van der Waals surface area contributed by atoms with Crippen LogP contribution in [-0.4, -0.2) is 34.5 Å². The summed E-state index contributed by atoms with van der Waals surface area (Å²) in [7, 11) is 2.01. The van der Waals surface area contributed by atoms with Crippen molar-refractivity contribution in [3.63, 3.8) is 0 Å². The lowest BCUT2D eigenvalue weighted by Gasteiger charge is -2.29.